The van der Waals surface area contributed by atoms with E-state index in [-0.39, 0.29) is 18.9 Å². The molecular formula is C73H133NO13. The number of aliphatic hydroxyl groups excluding tert-OH is 8. The van der Waals surface area contributed by atoms with Gasteiger partial charge in [0.15, 0.2) is 12.6 Å². The molecule has 0 saturated carbocycles. The second kappa shape index (κ2) is 57.6. The number of hydrogen-bond acceptors (Lipinski definition) is 13. The zero-order valence-electron chi connectivity index (χ0n) is 55.3. The molecule has 508 valence electrons. The van der Waals surface area contributed by atoms with Crippen LogP contribution in [0.2, 0.25) is 0 Å². The van der Waals surface area contributed by atoms with Crippen LogP contribution in [0.25, 0.3) is 0 Å². The molecule has 87 heavy (non-hydrogen) atoms. The molecular weight excluding hydrogens is 1100 g/mol. The molecule has 1 amide bonds. The summed E-state index contributed by atoms with van der Waals surface area (Å²) in [5.74, 6) is -0.246. The van der Waals surface area contributed by atoms with Crippen molar-refractivity contribution < 1.29 is 64.6 Å². The fourth-order valence-electron chi connectivity index (χ4n) is 11.7. The van der Waals surface area contributed by atoms with Gasteiger partial charge in [0, 0.05) is 6.42 Å². The van der Waals surface area contributed by atoms with Crippen molar-refractivity contribution in [2.45, 2.75) is 376 Å². The van der Waals surface area contributed by atoms with Crippen LogP contribution in [0.4, 0.5) is 0 Å². The first kappa shape index (κ1) is 80.8. The van der Waals surface area contributed by atoms with Gasteiger partial charge in [0.25, 0.3) is 0 Å². The van der Waals surface area contributed by atoms with Gasteiger partial charge in [0.05, 0.1) is 32.0 Å². The quantitative estimate of drug-likeness (QED) is 0.0204. The van der Waals surface area contributed by atoms with Gasteiger partial charge in [-0.3, -0.25) is 4.79 Å². The number of nitrogens with one attached hydrogen (secondary N) is 1. The average Bonchev–Trinajstić information content (AvgIpc) is 2.36. The second-order valence-corrected chi connectivity index (χ2v) is 25.4. The number of allylic oxidation sites excluding steroid dienone is 9. The highest BCUT2D eigenvalue weighted by molar-refractivity contribution is 5.76. The van der Waals surface area contributed by atoms with Crippen LogP contribution in [0.15, 0.2) is 60.8 Å². The van der Waals surface area contributed by atoms with Crippen LogP contribution in [0.3, 0.4) is 0 Å². The van der Waals surface area contributed by atoms with Crippen LogP contribution in [0.1, 0.15) is 303 Å². The lowest BCUT2D eigenvalue weighted by molar-refractivity contribution is -0.359. The molecule has 2 saturated heterocycles. The Morgan fingerprint density at radius 3 is 1.21 bits per heavy atom. The molecule has 2 heterocycles. The summed E-state index contributed by atoms with van der Waals surface area (Å²) in [6.07, 6.45) is 60.1. The lowest BCUT2D eigenvalue weighted by Gasteiger charge is -2.46. The summed E-state index contributed by atoms with van der Waals surface area (Å²) in [6, 6.07) is -0.932. The van der Waals surface area contributed by atoms with Gasteiger partial charge in [0.1, 0.15) is 48.8 Å². The summed E-state index contributed by atoms with van der Waals surface area (Å²) in [5.41, 5.74) is 0. The molecule has 0 aromatic carbocycles. The summed E-state index contributed by atoms with van der Waals surface area (Å²) in [7, 11) is 0. The number of unbranched alkanes of at least 4 members (excludes halogenated alkanes) is 38. The van der Waals surface area contributed by atoms with Crippen molar-refractivity contribution in [3.8, 4) is 0 Å². The predicted octanol–water partition coefficient (Wildman–Crippen LogP) is 14.8. The Balaban J connectivity index is 1.60. The summed E-state index contributed by atoms with van der Waals surface area (Å²) in [6.45, 7) is 2.79. The van der Waals surface area contributed by atoms with E-state index in [1.807, 2.05) is 6.08 Å². The molecule has 12 unspecified atom stereocenters. The van der Waals surface area contributed by atoms with E-state index in [1.54, 1.807) is 6.08 Å². The minimum atomic E-state index is -1.79. The number of rotatable bonds is 59. The summed E-state index contributed by atoms with van der Waals surface area (Å²) in [5, 5.41) is 87.3. The molecule has 0 radical (unpaired) electrons. The summed E-state index contributed by atoms with van der Waals surface area (Å²) < 4.78 is 22.8. The van der Waals surface area contributed by atoms with Gasteiger partial charge < -0.3 is 65.1 Å². The van der Waals surface area contributed by atoms with Crippen molar-refractivity contribution in [1.29, 1.82) is 0 Å². The normalized spacial score (nSPS) is 23.6. The van der Waals surface area contributed by atoms with Crippen molar-refractivity contribution in [2.24, 2.45) is 0 Å². The average molecular weight is 1230 g/mol. The van der Waals surface area contributed by atoms with E-state index in [9.17, 15) is 45.6 Å². The molecule has 2 aliphatic heterocycles. The first-order valence-corrected chi connectivity index (χ1v) is 36.0. The molecule has 2 fully saturated rings. The molecule has 12 atom stereocenters. The highest BCUT2D eigenvalue weighted by atomic mass is 16.7. The minimum Gasteiger partial charge on any atom is -0.394 e. The lowest BCUT2D eigenvalue weighted by Crippen LogP contribution is -2.65. The fraction of sp³-hybridized carbons (Fsp3) is 0.849. The number of amides is 1. The number of carbonyl (C=O) groups excluding carboxylic acids is 1. The monoisotopic (exact) mass is 1230 g/mol. The van der Waals surface area contributed by atoms with Crippen molar-refractivity contribution in [3.63, 3.8) is 0 Å². The minimum absolute atomic E-state index is 0.246. The van der Waals surface area contributed by atoms with E-state index in [4.69, 9.17) is 18.9 Å². The van der Waals surface area contributed by atoms with Gasteiger partial charge in [-0.1, -0.05) is 286 Å². The number of aliphatic hydroxyl groups is 8. The van der Waals surface area contributed by atoms with Crippen LogP contribution in [0.5, 0.6) is 0 Å². The van der Waals surface area contributed by atoms with Crippen LogP contribution >= 0.6 is 0 Å². The van der Waals surface area contributed by atoms with Crippen molar-refractivity contribution >= 4 is 5.91 Å². The predicted molar refractivity (Wildman–Crippen MR) is 355 cm³/mol. The largest absolute Gasteiger partial charge is 0.394 e. The molecule has 2 rings (SSSR count). The highest BCUT2D eigenvalue weighted by Crippen LogP contribution is 2.30. The van der Waals surface area contributed by atoms with Gasteiger partial charge in [-0.25, -0.2) is 0 Å². The zero-order valence-corrected chi connectivity index (χ0v) is 55.3. The Bertz CT molecular complexity index is 1690. The third kappa shape index (κ3) is 41.7. The van der Waals surface area contributed by atoms with E-state index in [0.29, 0.717) is 12.8 Å². The highest BCUT2D eigenvalue weighted by Gasteiger charge is 2.51. The maximum atomic E-state index is 13.3. The van der Waals surface area contributed by atoms with E-state index in [1.165, 1.54) is 225 Å². The Morgan fingerprint density at radius 1 is 0.414 bits per heavy atom. The van der Waals surface area contributed by atoms with Crippen LogP contribution in [0, 0.1) is 0 Å². The Morgan fingerprint density at radius 2 is 0.770 bits per heavy atom. The maximum absolute atomic E-state index is 13.3. The molecule has 0 aromatic heterocycles. The Hall–Kier alpha value is -2.31. The zero-order chi connectivity index (χ0) is 63.1. The molecule has 0 aliphatic carbocycles. The van der Waals surface area contributed by atoms with Gasteiger partial charge in [-0.15, -0.1) is 0 Å². The molecule has 0 spiro atoms. The molecule has 0 bridgehead atoms. The van der Waals surface area contributed by atoms with Crippen LogP contribution < -0.4 is 5.32 Å². The third-order valence-corrected chi connectivity index (χ3v) is 17.4. The van der Waals surface area contributed by atoms with E-state index >= 15 is 0 Å². The topological polar surface area (TPSA) is 228 Å². The third-order valence-electron chi connectivity index (χ3n) is 17.4. The van der Waals surface area contributed by atoms with E-state index in [0.717, 1.165) is 44.9 Å². The first-order valence-electron chi connectivity index (χ1n) is 36.0. The fourth-order valence-corrected chi connectivity index (χ4v) is 11.7. The van der Waals surface area contributed by atoms with Crippen molar-refractivity contribution in [2.75, 3.05) is 19.8 Å². The van der Waals surface area contributed by atoms with Crippen molar-refractivity contribution in [3.05, 3.63) is 60.8 Å². The van der Waals surface area contributed by atoms with E-state index < -0.39 is 86.8 Å². The maximum Gasteiger partial charge on any atom is 0.220 e. The van der Waals surface area contributed by atoms with Gasteiger partial charge >= 0.3 is 0 Å². The van der Waals surface area contributed by atoms with Crippen LogP contribution in [-0.4, -0.2) is 140 Å². The van der Waals surface area contributed by atoms with Crippen LogP contribution in [-0.2, 0) is 23.7 Å². The molecule has 2 aliphatic rings. The SMILES string of the molecule is CCCCCCC/C=C\C/C=C\C/C=C\CCCCCCCCCCCCCCCCCCCCCCCCC(=O)NC(COC1OC(CO)C(OC2OC(CO)C(O)C(O)C2O)C(O)C1O)C(O)/C=C/CC/C=C/CCCCCCCCCCCC. The van der Waals surface area contributed by atoms with Gasteiger partial charge in [-0.05, 0) is 70.6 Å². The molecule has 9 N–H and O–H groups in total. The number of hydrogen-bond donors (Lipinski definition) is 9. The Labute approximate surface area is 530 Å². The van der Waals surface area contributed by atoms with Crippen molar-refractivity contribution in [1.82, 2.24) is 5.32 Å². The lowest BCUT2D eigenvalue weighted by atomic mass is 9.97. The summed E-state index contributed by atoms with van der Waals surface area (Å²) >= 11 is 0. The second-order valence-electron chi connectivity index (χ2n) is 25.4. The standard InChI is InChI=1S/C73H133NO13/c1-3-5-7-9-11-13-15-17-19-21-22-23-24-25-26-27-28-29-30-31-32-33-34-35-36-37-38-39-40-41-43-45-47-49-51-53-55-57-65(78)74-61(62(77)56-54-52-50-48-46-44-42-20-18-16-14-12-10-8-6-4-2)60-84-72-70(83)68(81)71(64(59-76)86-72)87-73-69(82)67(80)66(79)63(58-75)85-73/h15,17,21-22,24-25,46,48,54,56,61-64,66-73,75-77,79-83H,3-14,16,18-20,23,26-45,47,49-53,55,57-60H2,1-2H3,(H,74,78)/b17-15-,22-21-,25-24-,48-46+,56-54+. The summed E-state index contributed by atoms with van der Waals surface area (Å²) in [4.78, 5) is 13.3. The Kier molecular flexibility index (Phi) is 53.5. The van der Waals surface area contributed by atoms with Gasteiger partial charge in [0.2, 0.25) is 5.91 Å². The smallest absolute Gasteiger partial charge is 0.220 e. The molecule has 14 heteroatoms. The number of carbonyl (C=O) groups is 1. The van der Waals surface area contributed by atoms with E-state index in [2.05, 4.69) is 67.8 Å². The first-order chi connectivity index (χ1) is 42.6. The molecule has 14 nitrogen and oxygen atoms in total. The molecule has 0 aromatic rings. The number of ether oxygens (including phenoxy) is 4. The van der Waals surface area contributed by atoms with Gasteiger partial charge in [-0.2, -0.15) is 0 Å².